The smallest absolute Gasteiger partial charge is 0.217 e. The quantitative estimate of drug-likeness (QED) is 0.766. The molecule has 0 aromatic carbocycles. The lowest BCUT2D eigenvalue weighted by atomic mass is 10.2. The summed E-state index contributed by atoms with van der Waals surface area (Å²) >= 11 is 0. The molecule has 1 rings (SSSR count). The van der Waals surface area contributed by atoms with E-state index in [0.29, 0.717) is 11.9 Å². The van der Waals surface area contributed by atoms with Crippen LogP contribution in [0.5, 0.6) is 5.88 Å². The summed E-state index contributed by atoms with van der Waals surface area (Å²) in [5.41, 5.74) is 1.10. The molecule has 1 aromatic rings. The van der Waals surface area contributed by atoms with Gasteiger partial charge in [0.1, 0.15) is 0 Å². The van der Waals surface area contributed by atoms with Crippen molar-refractivity contribution in [1.82, 2.24) is 15.2 Å². The number of hydrogen-bond donors (Lipinski definition) is 1. The first kappa shape index (κ1) is 14.9. The van der Waals surface area contributed by atoms with E-state index in [-0.39, 0.29) is 0 Å². The standard InChI is InChI=1S/C14H25N3O/c1-5-17(6-2)11-12(3)16-10-13-8-7-9-15-14(13)18-4/h7-9,12,16H,5-6,10-11H2,1-4H3. The Morgan fingerprint density at radius 2 is 2.11 bits per heavy atom. The van der Waals surface area contributed by atoms with Crippen molar-refractivity contribution in [2.45, 2.75) is 33.4 Å². The molecule has 4 nitrogen and oxygen atoms in total. The Morgan fingerprint density at radius 3 is 2.72 bits per heavy atom. The number of ether oxygens (including phenoxy) is 1. The van der Waals surface area contributed by atoms with Gasteiger partial charge in [-0.1, -0.05) is 19.9 Å². The summed E-state index contributed by atoms with van der Waals surface area (Å²) in [4.78, 5) is 6.61. The van der Waals surface area contributed by atoms with Gasteiger partial charge in [-0.25, -0.2) is 4.98 Å². The summed E-state index contributed by atoms with van der Waals surface area (Å²) in [6.45, 7) is 10.6. The summed E-state index contributed by atoms with van der Waals surface area (Å²) in [6.07, 6.45) is 1.75. The number of aromatic nitrogens is 1. The largest absolute Gasteiger partial charge is 0.481 e. The number of nitrogens with zero attached hydrogens (tertiary/aromatic N) is 2. The normalized spacial score (nSPS) is 12.7. The Labute approximate surface area is 110 Å². The molecule has 0 amide bonds. The first-order valence-electron chi connectivity index (χ1n) is 6.64. The van der Waals surface area contributed by atoms with Crippen molar-refractivity contribution in [2.24, 2.45) is 0 Å². The minimum atomic E-state index is 0.454. The maximum absolute atomic E-state index is 5.24. The van der Waals surface area contributed by atoms with Crippen molar-refractivity contribution in [3.8, 4) is 5.88 Å². The highest BCUT2D eigenvalue weighted by molar-refractivity contribution is 5.25. The number of rotatable bonds is 8. The van der Waals surface area contributed by atoms with E-state index in [2.05, 4.69) is 36.0 Å². The van der Waals surface area contributed by atoms with Crippen molar-refractivity contribution < 1.29 is 4.74 Å². The molecule has 1 atom stereocenters. The first-order valence-corrected chi connectivity index (χ1v) is 6.64. The molecule has 0 saturated heterocycles. The number of hydrogen-bond acceptors (Lipinski definition) is 4. The fraction of sp³-hybridized carbons (Fsp3) is 0.643. The Kier molecular flexibility index (Phi) is 6.68. The van der Waals surface area contributed by atoms with E-state index in [1.54, 1.807) is 13.3 Å². The molecule has 0 aliphatic heterocycles. The molecule has 18 heavy (non-hydrogen) atoms. The third kappa shape index (κ3) is 4.63. The molecule has 4 heteroatoms. The molecule has 1 unspecified atom stereocenters. The van der Waals surface area contributed by atoms with Crippen molar-refractivity contribution in [3.05, 3.63) is 23.9 Å². The fourth-order valence-corrected chi connectivity index (χ4v) is 1.96. The second-order valence-corrected chi connectivity index (χ2v) is 4.44. The Balaban J connectivity index is 2.44. The molecule has 0 aliphatic carbocycles. The minimum absolute atomic E-state index is 0.454. The lowest BCUT2D eigenvalue weighted by molar-refractivity contribution is 0.270. The molecule has 102 valence electrons. The molecule has 1 heterocycles. The molecule has 0 saturated carbocycles. The average molecular weight is 251 g/mol. The zero-order valence-corrected chi connectivity index (χ0v) is 11.9. The molecule has 1 aromatic heterocycles. The van der Waals surface area contributed by atoms with Crippen molar-refractivity contribution in [3.63, 3.8) is 0 Å². The second-order valence-electron chi connectivity index (χ2n) is 4.44. The highest BCUT2D eigenvalue weighted by Crippen LogP contribution is 2.13. The molecular formula is C14H25N3O. The Morgan fingerprint density at radius 1 is 1.39 bits per heavy atom. The van der Waals surface area contributed by atoms with Gasteiger partial charge in [-0.2, -0.15) is 0 Å². The number of nitrogens with one attached hydrogen (secondary N) is 1. The van der Waals surface area contributed by atoms with Gasteiger partial charge >= 0.3 is 0 Å². The molecule has 0 aliphatic rings. The molecule has 0 spiro atoms. The minimum Gasteiger partial charge on any atom is -0.481 e. The van der Waals surface area contributed by atoms with Crippen LogP contribution in [-0.4, -0.2) is 42.7 Å². The molecular weight excluding hydrogens is 226 g/mol. The zero-order valence-electron chi connectivity index (χ0n) is 11.9. The van der Waals surface area contributed by atoms with Gasteiger partial charge in [0, 0.05) is 30.9 Å². The van der Waals surface area contributed by atoms with Gasteiger partial charge in [-0.15, -0.1) is 0 Å². The Hall–Kier alpha value is -1.13. The van der Waals surface area contributed by atoms with Crippen LogP contribution in [0.25, 0.3) is 0 Å². The summed E-state index contributed by atoms with van der Waals surface area (Å²) in [7, 11) is 1.66. The number of pyridine rings is 1. The molecule has 0 fully saturated rings. The van der Waals surface area contributed by atoms with Crippen molar-refractivity contribution in [1.29, 1.82) is 0 Å². The van der Waals surface area contributed by atoms with Crippen LogP contribution in [0.3, 0.4) is 0 Å². The van der Waals surface area contributed by atoms with Crippen LogP contribution in [0.15, 0.2) is 18.3 Å². The van der Waals surface area contributed by atoms with Crippen LogP contribution in [0, 0.1) is 0 Å². The van der Waals surface area contributed by atoms with E-state index in [9.17, 15) is 0 Å². The van der Waals surface area contributed by atoms with Crippen LogP contribution < -0.4 is 10.1 Å². The maximum atomic E-state index is 5.24. The van der Waals surface area contributed by atoms with Gasteiger partial charge in [0.2, 0.25) is 5.88 Å². The lowest BCUT2D eigenvalue weighted by Crippen LogP contribution is -2.38. The second kappa shape index (κ2) is 8.06. The van der Waals surface area contributed by atoms with Crippen LogP contribution in [0.1, 0.15) is 26.3 Å². The summed E-state index contributed by atoms with van der Waals surface area (Å²) < 4.78 is 5.24. The maximum Gasteiger partial charge on any atom is 0.217 e. The van der Waals surface area contributed by atoms with Crippen LogP contribution in [-0.2, 0) is 6.54 Å². The van der Waals surface area contributed by atoms with Crippen LogP contribution >= 0.6 is 0 Å². The average Bonchev–Trinajstić information content (AvgIpc) is 2.42. The van der Waals surface area contributed by atoms with Crippen LogP contribution in [0.2, 0.25) is 0 Å². The Bertz CT molecular complexity index is 340. The van der Waals surface area contributed by atoms with Gasteiger partial charge in [0.15, 0.2) is 0 Å². The fourth-order valence-electron chi connectivity index (χ4n) is 1.96. The molecule has 1 N–H and O–H groups in total. The number of methoxy groups -OCH3 is 1. The highest BCUT2D eigenvalue weighted by atomic mass is 16.5. The highest BCUT2D eigenvalue weighted by Gasteiger charge is 2.08. The van der Waals surface area contributed by atoms with Crippen LogP contribution in [0.4, 0.5) is 0 Å². The van der Waals surface area contributed by atoms with Gasteiger partial charge in [-0.05, 0) is 26.1 Å². The van der Waals surface area contributed by atoms with Gasteiger partial charge in [0.25, 0.3) is 0 Å². The van der Waals surface area contributed by atoms with E-state index in [4.69, 9.17) is 4.74 Å². The van der Waals surface area contributed by atoms with Crippen molar-refractivity contribution >= 4 is 0 Å². The van der Waals surface area contributed by atoms with E-state index in [0.717, 1.165) is 31.7 Å². The van der Waals surface area contributed by atoms with Gasteiger partial charge < -0.3 is 15.0 Å². The summed E-state index contributed by atoms with van der Waals surface area (Å²) in [5, 5.41) is 3.51. The third-order valence-corrected chi connectivity index (χ3v) is 3.11. The van der Waals surface area contributed by atoms with E-state index < -0.39 is 0 Å². The topological polar surface area (TPSA) is 37.4 Å². The van der Waals surface area contributed by atoms with Gasteiger partial charge in [0.05, 0.1) is 7.11 Å². The first-order chi connectivity index (χ1) is 8.71. The molecule has 0 bridgehead atoms. The van der Waals surface area contributed by atoms with E-state index in [1.807, 2.05) is 12.1 Å². The third-order valence-electron chi connectivity index (χ3n) is 3.11. The monoisotopic (exact) mass is 251 g/mol. The lowest BCUT2D eigenvalue weighted by Gasteiger charge is -2.23. The summed E-state index contributed by atoms with van der Waals surface area (Å²) in [6, 6.07) is 4.44. The van der Waals surface area contributed by atoms with Gasteiger partial charge in [-0.3, -0.25) is 0 Å². The predicted octanol–water partition coefficient (Wildman–Crippen LogP) is 1.91. The van der Waals surface area contributed by atoms with Crippen molar-refractivity contribution in [2.75, 3.05) is 26.7 Å². The predicted molar refractivity (Wildman–Crippen MR) is 74.9 cm³/mol. The summed E-state index contributed by atoms with van der Waals surface area (Å²) in [5.74, 6) is 0.708. The van der Waals surface area contributed by atoms with E-state index in [1.165, 1.54) is 0 Å². The number of likely N-dealkylation sites (N-methyl/N-ethyl adjacent to an activating group) is 1. The SMILES string of the molecule is CCN(CC)CC(C)NCc1cccnc1OC. The van der Waals surface area contributed by atoms with E-state index >= 15 is 0 Å². The molecule has 0 radical (unpaired) electrons. The zero-order chi connectivity index (χ0) is 13.4.